The van der Waals surface area contributed by atoms with E-state index in [0.717, 1.165) is 72.3 Å². The summed E-state index contributed by atoms with van der Waals surface area (Å²) in [6, 6.07) is 88.4. The van der Waals surface area contributed by atoms with Crippen molar-refractivity contribution in [2.45, 2.75) is 0 Å². The van der Waals surface area contributed by atoms with Crippen molar-refractivity contribution in [2.75, 3.05) is 0 Å². The van der Waals surface area contributed by atoms with Crippen molar-refractivity contribution in [3.05, 3.63) is 255 Å². The number of fused-ring (bicyclic) bond motifs is 3. The van der Waals surface area contributed by atoms with Crippen LogP contribution >= 0.6 is 11.3 Å². The summed E-state index contributed by atoms with van der Waals surface area (Å²) < 4.78 is 2.55. The minimum atomic E-state index is 0.599. The van der Waals surface area contributed by atoms with Crippen molar-refractivity contribution in [2.24, 2.45) is 0 Å². The molecule has 0 bridgehead atoms. The molecule has 0 aliphatic rings. The summed E-state index contributed by atoms with van der Waals surface area (Å²) in [4.78, 5) is 30.6. The molecule has 0 unspecified atom stereocenters. The topological polar surface area (TPSA) is 77.3 Å². The fraction of sp³-hybridized carbons (Fsp3) is 0. The average molecular weight is 951 g/mol. The van der Waals surface area contributed by atoms with Gasteiger partial charge in [-0.05, 0) is 62.7 Å². The normalized spacial score (nSPS) is 11.3. The minimum Gasteiger partial charge on any atom is -0.208 e. The van der Waals surface area contributed by atoms with Crippen molar-refractivity contribution in [1.82, 2.24) is 29.9 Å². The van der Waals surface area contributed by atoms with Crippen LogP contribution in [0.1, 0.15) is 0 Å². The number of nitrogens with zero attached hydrogens (tertiary/aromatic N) is 6. The molecule has 73 heavy (non-hydrogen) atoms. The summed E-state index contributed by atoms with van der Waals surface area (Å²) in [6.45, 7) is 0. The molecular formula is C66H42N6S. The molecular weight excluding hydrogens is 909 g/mol. The van der Waals surface area contributed by atoms with Crippen LogP contribution in [0, 0.1) is 0 Å². The van der Waals surface area contributed by atoms with Crippen LogP contribution in [-0.2, 0) is 0 Å². The van der Waals surface area contributed by atoms with Crippen LogP contribution in [-0.4, -0.2) is 29.9 Å². The van der Waals surface area contributed by atoms with E-state index in [4.69, 9.17) is 29.9 Å². The Morgan fingerprint density at radius 1 is 0.205 bits per heavy atom. The highest BCUT2D eigenvalue weighted by atomic mass is 32.1. The summed E-state index contributed by atoms with van der Waals surface area (Å²) in [5.41, 5.74) is 14.3. The van der Waals surface area contributed by atoms with E-state index >= 15 is 0 Å². The minimum absolute atomic E-state index is 0.599. The van der Waals surface area contributed by atoms with Gasteiger partial charge in [-0.15, -0.1) is 11.3 Å². The lowest BCUT2D eigenvalue weighted by molar-refractivity contribution is 1.07. The zero-order chi connectivity index (χ0) is 48.5. The number of thiophene rings is 1. The third-order valence-electron chi connectivity index (χ3n) is 13.2. The Balaban J connectivity index is 0.898. The maximum atomic E-state index is 5.31. The van der Waals surface area contributed by atoms with Crippen LogP contribution in [0.3, 0.4) is 0 Å². The largest absolute Gasteiger partial charge is 0.208 e. The lowest BCUT2D eigenvalue weighted by Crippen LogP contribution is -2.01. The van der Waals surface area contributed by atoms with Crippen molar-refractivity contribution in [3.63, 3.8) is 0 Å². The molecule has 3 aromatic heterocycles. The van der Waals surface area contributed by atoms with Gasteiger partial charge in [0.1, 0.15) is 0 Å². The summed E-state index contributed by atoms with van der Waals surface area (Å²) in [5, 5.41) is 2.54. The maximum absolute atomic E-state index is 5.31. The molecule has 3 heterocycles. The van der Waals surface area contributed by atoms with Crippen molar-refractivity contribution < 1.29 is 0 Å². The van der Waals surface area contributed by atoms with E-state index in [1.807, 2.05) is 90.2 Å². The van der Waals surface area contributed by atoms with Crippen molar-refractivity contribution in [1.29, 1.82) is 0 Å². The number of aromatic nitrogens is 6. The Kier molecular flexibility index (Phi) is 11.3. The van der Waals surface area contributed by atoms with E-state index in [0.29, 0.717) is 34.9 Å². The van der Waals surface area contributed by atoms with Gasteiger partial charge < -0.3 is 0 Å². The summed E-state index contributed by atoms with van der Waals surface area (Å²) in [7, 11) is 0. The molecule has 10 aromatic carbocycles. The van der Waals surface area contributed by atoms with Crippen LogP contribution in [0.2, 0.25) is 0 Å². The number of hydrogen-bond donors (Lipinski definition) is 0. The molecule has 0 N–H and O–H groups in total. The molecule has 0 spiro atoms. The Bertz CT molecular complexity index is 4070. The Morgan fingerprint density at radius 2 is 0.575 bits per heavy atom. The highest BCUT2D eigenvalue weighted by Gasteiger charge is 2.19. The first-order valence-corrected chi connectivity index (χ1v) is 25.1. The average Bonchev–Trinajstić information content (AvgIpc) is 3.87. The van der Waals surface area contributed by atoms with Gasteiger partial charge in [-0.3, -0.25) is 0 Å². The zero-order valence-corrected chi connectivity index (χ0v) is 40.2. The van der Waals surface area contributed by atoms with Crippen LogP contribution in [0.15, 0.2) is 255 Å². The van der Waals surface area contributed by atoms with Gasteiger partial charge in [0.05, 0.1) is 0 Å². The first-order chi connectivity index (χ1) is 36.2. The molecule has 13 aromatic rings. The SMILES string of the molecule is c1ccc(-c2nc(-c3ccccc3)nc(-c3ccc(-c4ccc(-c5ccccc5-c5nc(-c6ccccc6)nc(-c6cccc(-c7cccc8c7sc7ccccc78)c6)n5)cc4-c4ccccc4)cc3)n2)cc1. The quantitative estimate of drug-likeness (QED) is 0.136. The molecule has 0 atom stereocenters. The molecule has 0 saturated carbocycles. The smallest absolute Gasteiger partial charge is 0.164 e. The van der Waals surface area contributed by atoms with Gasteiger partial charge in [-0.25, -0.2) is 29.9 Å². The molecule has 6 nitrogen and oxygen atoms in total. The van der Waals surface area contributed by atoms with Crippen LogP contribution in [0.4, 0.5) is 0 Å². The second kappa shape index (κ2) is 19.0. The number of hydrogen-bond acceptors (Lipinski definition) is 7. The van der Waals surface area contributed by atoms with Crippen LogP contribution < -0.4 is 0 Å². The molecule has 0 fully saturated rings. The van der Waals surface area contributed by atoms with Crippen molar-refractivity contribution >= 4 is 31.5 Å². The highest BCUT2D eigenvalue weighted by Crippen LogP contribution is 2.42. The summed E-state index contributed by atoms with van der Waals surface area (Å²) >= 11 is 1.83. The van der Waals surface area contributed by atoms with Gasteiger partial charge in [0.15, 0.2) is 34.9 Å². The van der Waals surface area contributed by atoms with E-state index in [-0.39, 0.29) is 0 Å². The van der Waals surface area contributed by atoms with Gasteiger partial charge >= 0.3 is 0 Å². The van der Waals surface area contributed by atoms with Gasteiger partial charge in [0.2, 0.25) is 0 Å². The van der Waals surface area contributed by atoms with Crippen LogP contribution in [0.5, 0.6) is 0 Å². The third-order valence-corrected chi connectivity index (χ3v) is 14.5. The third kappa shape index (κ3) is 8.54. The fourth-order valence-electron chi connectivity index (χ4n) is 9.63. The van der Waals surface area contributed by atoms with E-state index in [1.54, 1.807) is 0 Å². The predicted molar refractivity (Wildman–Crippen MR) is 300 cm³/mol. The monoisotopic (exact) mass is 950 g/mol. The highest BCUT2D eigenvalue weighted by molar-refractivity contribution is 7.26. The summed E-state index contributed by atoms with van der Waals surface area (Å²) in [5.74, 6) is 3.70. The molecule has 0 amide bonds. The van der Waals surface area contributed by atoms with Crippen LogP contribution in [0.25, 0.3) is 133 Å². The molecule has 342 valence electrons. The number of rotatable bonds is 10. The van der Waals surface area contributed by atoms with Gasteiger partial charge in [0.25, 0.3) is 0 Å². The molecule has 7 heteroatoms. The first kappa shape index (κ1) is 43.5. The maximum Gasteiger partial charge on any atom is 0.164 e. The molecule has 0 radical (unpaired) electrons. The molecule has 13 rings (SSSR count). The van der Waals surface area contributed by atoms with E-state index in [1.165, 1.54) is 25.7 Å². The van der Waals surface area contributed by atoms with E-state index in [9.17, 15) is 0 Å². The second-order valence-corrected chi connectivity index (χ2v) is 18.9. The van der Waals surface area contributed by atoms with E-state index < -0.39 is 0 Å². The molecule has 0 aliphatic carbocycles. The molecule has 0 aliphatic heterocycles. The first-order valence-electron chi connectivity index (χ1n) is 24.3. The Morgan fingerprint density at radius 3 is 1.19 bits per heavy atom. The zero-order valence-electron chi connectivity index (χ0n) is 39.3. The Labute approximate surface area is 426 Å². The standard InChI is InChI=1S/C66H42N6S/c1-5-19-43(20-6-1)58-42-50(39-40-53(58)44-35-37-48(38-36-44)64-68-61(45-21-7-2-8-22-45)67-62(69-64)46-23-9-3-10-24-46)52-29-13-14-31-57(52)66-71-63(47-25-11-4-12-26-47)70-65(72-66)51-28-17-27-49(41-51)54-32-18-33-56-55-30-15-16-34-59(55)73-60(54)56/h1-42H. The molecule has 0 saturated heterocycles. The second-order valence-electron chi connectivity index (χ2n) is 17.8. The van der Waals surface area contributed by atoms with E-state index in [2.05, 4.69) is 176 Å². The van der Waals surface area contributed by atoms with Gasteiger partial charge in [-0.2, -0.15) is 0 Å². The lowest BCUT2D eigenvalue weighted by atomic mass is 9.89. The summed E-state index contributed by atoms with van der Waals surface area (Å²) in [6.07, 6.45) is 0. The lowest BCUT2D eigenvalue weighted by Gasteiger charge is -2.16. The number of benzene rings is 10. The predicted octanol–water partition coefficient (Wildman–Crippen LogP) is 17.1. The van der Waals surface area contributed by atoms with Gasteiger partial charge in [0, 0.05) is 53.6 Å². The van der Waals surface area contributed by atoms with Crippen molar-refractivity contribution in [3.8, 4) is 113 Å². The fourth-order valence-corrected chi connectivity index (χ4v) is 10.9. The van der Waals surface area contributed by atoms with Gasteiger partial charge in [-0.1, -0.05) is 237 Å². The Hall–Kier alpha value is -9.56.